The van der Waals surface area contributed by atoms with E-state index in [0.29, 0.717) is 17.7 Å². The van der Waals surface area contributed by atoms with Crippen LogP contribution in [0.25, 0.3) is 0 Å². The zero-order chi connectivity index (χ0) is 26.3. The number of benzene rings is 3. The molecule has 0 radical (unpaired) electrons. The minimum Gasteiger partial charge on any atom is -0.459 e. The third-order valence-electron chi connectivity index (χ3n) is 6.04. The van der Waals surface area contributed by atoms with Gasteiger partial charge in [0.1, 0.15) is 5.60 Å². The third-order valence-corrected chi connectivity index (χ3v) is 6.04. The van der Waals surface area contributed by atoms with Gasteiger partial charge in [-0.25, -0.2) is 4.79 Å². The van der Waals surface area contributed by atoms with E-state index in [0.717, 1.165) is 30.4 Å². The second-order valence-electron chi connectivity index (χ2n) is 10.0. The lowest BCUT2D eigenvalue weighted by Crippen LogP contribution is -2.26. The molecular weight excluding hydrogens is 462 g/mol. The molecule has 0 fully saturated rings. The van der Waals surface area contributed by atoms with Gasteiger partial charge in [0, 0.05) is 0 Å². The normalized spacial score (nSPS) is 11.2. The van der Waals surface area contributed by atoms with Gasteiger partial charge in [-0.2, -0.15) is 0 Å². The minimum atomic E-state index is -0.671. The smallest absolute Gasteiger partial charge is 0.340 e. The highest BCUT2D eigenvalue weighted by molar-refractivity contribution is 6.07. The van der Waals surface area contributed by atoms with Crippen LogP contribution in [0.2, 0.25) is 0 Å². The first kappa shape index (κ1) is 26.0. The van der Waals surface area contributed by atoms with Crippen molar-refractivity contribution < 1.29 is 18.7 Å². The standard InChI is InChI=1S/C32H33NO4/c1-32(2,3)37-31(35)27-21-19-25(18-16-23-11-6-4-7-12-23)26(20-17-24-13-8-5-9-14-24)29(27)33-30(34)28-15-10-22-36-28/h4-15,19,21-22H,16-18,20H2,1-3H3,(H,33,34). The van der Waals surface area contributed by atoms with Crippen LogP contribution in [-0.4, -0.2) is 17.5 Å². The summed E-state index contributed by atoms with van der Waals surface area (Å²) >= 11 is 0. The first-order chi connectivity index (χ1) is 17.8. The van der Waals surface area contributed by atoms with Crippen molar-refractivity contribution in [2.24, 2.45) is 0 Å². The van der Waals surface area contributed by atoms with Crippen molar-refractivity contribution in [1.82, 2.24) is 0 Å². The molecular formula is C32H33NO4. The van der Waals surface area contributed by atoms with Crippen LogP contribution in [0, 0.1) is 0 Å². The van der Waals surface area contributed by atoms with Gasteiger partial charge in [-0.15, -0.1) is 0 Å². The van der Waals surface area contributed by atoms with Gasteiger partial charge in [-0.3, -0.25) is 4.79 Å². The topological polar surface area (TPSA) is 68.5 Å². The second kappa shape index (κ2) is 11.7. The summed E-state index contributed by atoms with van der Waals surface area (Å²) in [4.78, 5) is 26.4. The molecule has 3 aromatic carbocycles. The maximum atomic E-state index is 13.3. The number of ether oxygens (including phenoxy) is 1. The number of carbonyl (C=O) groups excluding carboxylic acids is 2. The summed E-state index contributed by atoms with van der Waals surface area (Å²) in [6.07, 6.45) is 4.48. The Kier molecular flexibility index (Phi) is 8.24. The summed E-state index contributed by atoms with van der Waals surface area (Å²) in [5, 5.41) is 2.99. The maximum absolute atomic E-state index is 13.3. The van der Waals surface area contributed by atoms with E-state index >= 15 is 0 Å². The fourth-order valence-electron chi connectivity index (χ4n) is 4.28. The Morgan fingerprint density at radius 3 is 1.95 bits per heavy atom. The fraction of sp³-hybridized carbons (Fsp3) is 0.250. The molecule has 0 aliphatic heterocycles. The highest BCUT2D eigenvalue weighted by atomic mass is 16.6. The number of hydrogen-bond donors (Lipinski definition) is 1. The largest absolute Gasteiger partial charge is 0.459 e. The van der Waals surface area contributed by atoms with E-state index in [1.807, 2.05) is 63.2 Å². The Hall–Kier alpha value is -4.12. The van der Waals surface area contributed by atoms with Gasteiger partial charge >= 0.3 is 5.97 Å². The van der Waals surface area contributed by atoms with Crippen molar-refractivity contribution in [2.75, 3.05) is 5.32 Å². The molecule has 190 valence electrons. The van der Waals surface area contributed by atoms with Gasteiger partial charge in [-0.1, -0.05) is 66.7 Å². The van der Waals surface area contributed by atoms with Crippen molar-refractivity contribution >= 4 is 17.6 Å². The van der Waals surface area contributed by atoms with Gasteiger partial charge in [0.15, 0.2) is 5.76 Å². The quantitative estimate of drug-likeness (QED) is 0.252. The molecule has 0 spiro atoms. The maximum Gasteiger partial charge on any atom is 0.340 e. The zero-order valence-corrected chi connectivity index (χ0v) is 21.6. The molecule has 0 saturated carbocycles. The van der Waals surface area contributed by atoms with Gasteiger partial charge in [-0.05, 0) is 86.9 Å². The van der Waals surface area contributed by atoms with Crippen molar-refractivity contribution in [3.05, 3.63) is 125 Å². The lowest BCUT2D eigenvalue weighted by molar-refractivity contribution is 0.00706. The van der Waals surface area contributed by atoms with E-state index in [1.165, 1.54) is 17.4 Å². The second-order valence-corrected chi connectivity index (χ2v) is 10.0. The molecule has 0 aliphatic carbocycles. The number of rotatable bonds is 9. The molecule has 4 aromatic rings. The van der Waals surface area contributed by atoms with Gasteiger partial charge < -0.3 is 14.5 Å². The summed E-state index contributed by atoms with van der Waals surface area (Å²) in [6, 6.07) is 27.5. The Morgan fingerprint density at radius 2 is 1.38 bits per heavy atom. The van der Waals surface area contributed by atoms with E-state index in [9.17, 15) is 9.59 Å². The number of esters is 1. The monoisotopic (exact) mass is 495 g/mol. The van der Waals surface area contributed by atoms with E-state index in [4.69, 9.17) is 9.15 Å². The van der Waals surface area contributed by atoms with Crippen molar-refractivity contribution in [2.45, 2.75) is 52.1 Å². The lowest BCUT2D eigenvalue weighted by Gasteiger charge is -2.23. The molecule has 5 nitrogen and oxygen atoms in total. The number of amides is 1. The number of hydrogen-bond acceptors (Lipinski definition) is 4. The Morgan fingerprint density at radius 1 is 0.757 bits per heavy atom. The molecule has 1 aromatic heterocycles. The molecule has 0 saturated heterocycles. The molecule has 0 aliphatic rings. The average molecular weight is 496 g/mol. The van der Waals surface area contributed by atoms with Crippen LogP contribution in [0.5, 0.6) is 0 Å². The van der Waals surface area contributed by atoms with E-state index in [1.54, 1.807) is 18.2 Å². The molecule has 0 atom stereocenters. The average Bonchev–Trinajstić information content (AvgIpc) is 3.42. The molecule has 1 N–H and O–H groups in total. The fourth-order valence-corrected chi connectivity index (χ4v) is 4.28. The van der Waals surface area contributed by atoms with Crippen LogP contribution in [0.1, 0.15) is 63.9 Å². The van der Waals surface area contributed by atoms with Crippen molar-refractivity contribution in [3.63, 3.8) is 0 Å². The van der Waals surface area contributed by atoms with Crippen LogP contribution >= 0.6 is 0 Å². The SMILES string of the molecule is CC(C)(C)OC(=O)c1ccc(CCc2ccccc2)c(CCc2ccccc2)c1NC(=O)c1ccco1. The Bertz CT molecular complexity index is 1320. The predicted molar refractivity (Wildman–Crippen MR) is 146 cm³/mol. The number of carbonyl (C=O) groups is 2. The number of nitrogens with one attached hydrogen (secondary N) is 1. The zero-order valence-electron chi connectivity index (χ0n) is 21.6. The highest BCUT2D eigenvalue weighted by Gasteiger charge is 2.25. The summed E-state index contributed by atoms with van der Waals surface area (Å²) in [5.74, 6) is -0.701. The first-order valence-corrected chi connectivity index (χ1v) is 12.6. The van der Waals surface area contributed by atoms with Crippen LogP contribution in [0.4, 0.5) is 5.69 Å². The molecule has 1 heterocycles. The summed E-state index contributed by atoms with van der Waals surface area (Å²) in [7, 11) is 0. The van der Waals surface area contributed by atoms with Crippen molar-refractivity contribution in [1.29, 1.82) is 0 Å². The van der Waals surface area contributed by atoms with Crippen LogP contribution in [-0.2, 0) is 30.4 Å². The highest BCUT2D eigenvalue weighted by Crippen LogP contribution is 2.30. The molecule has 1 amide bonds. The Balaban J connectivity index is 1.75. The van der Waals surface area contributed by atoms with Crippen LogP contribution < -0.4 is 5.32 Å². The molecule has 4 rings (SSSR count). The summed E-state index contributed by atoms with van der Waals surface area (Å²) in [5.41, 5.74) is 4.58. The number of aryl methyl sites for hydroxylation is 3. The summed E-state index contributed by atoms with van der Waals surface area (Å²) < 4.78 is 11.0. The third kappa shape index (κ3) is 7.20. The minimum absolute atomic E-state index is 0.179. The lowest BCUT2D eigenvalue weighted by atomic mass is 9.91. The van der Waals surface area contributed by atoms with Gasteiger partial charge in [0.05, 0.1) is 17.5 Å². The van der Waals surface area contributed by atoms with E-state index < -0.39 is 17.5 Å². The number of anilines is 1. The van der Waals surface area contributed by atoms with Crippen LogP contribution in [0.15, 0.2) is 95.6 Å². The molecule has 0 unspecified atom stereocenters. The van der Waals surface area contributed by atoms with Crippen molar-refractivity contribution in [3.8, 4) is 0 Å². The van der Waals surface area contributed by atoms with E-state index in [-0.39, 0.29) is 5.76 Å². The predicted octanol–water partition coefficient (Wildman–Crippen LogP) is 7.06. The van der Waals surface area contributed by atoms with E-state index in [2.05, 4.69) is 29.6 Å². The Labute approximate surface area is 218 Å². The summed E-state index contributed by atoms with van der Waals surface area (Å²) in [6.45, 7) is 5.49. The number of furan rings is 1. The van der Waals surface area contributed by atoms with Crippen LogP contribution in [0.3, 0.4) is 0 Å². The molecule has 37 heavy (non-hydrogen) atoms. The first-order valence-electron chi connectivity index (χ1n) is 12.6. The molecule has 0 bridgehead atoms. The van der Waals surface area contributed by atoms with Gasteiger partial charge in [0.2, 0.25) is 0 Å². The van der Waals surface area contributed by atoms with Gasteiger partial charge in [0.25, 0.3) is 5.91 Å². The molecule has 5 heteroatoms.